The summed E-state index contributed by atoms with van der Waals surface area (Å²) in [5.41, 5.74) is 3.80. The van der Waals surface area contributed by atoms with E-state index in [-0.39, 0.29) is 5.91 Å². The van der Waals surface area contributed by atoms with E-state index >= 15 is 0 Å². The van der Waals surface area contributed by atoms with Gasteiger partial charge in [-0.2, -0.15) is 5.26 Å². The number of likely N-dealkylation sites (N-methyl/N-ethyl adjacent to an activating group) is 1. The Morgan fingerprint density at radius 1 is 1.07 bits per heavy atom. The van der Waals surface area contributed by atoms with Crippen molar-refractivity contribution in [1.82, 2.24) is 4.90 Å². The van der Waals surface area contributed by atoms with E-state index in [4.69, 9.17) is 5.26 Å². The molecule has 0 saturated carbocycles. The highest BCUT2D eigenvalue weighted by Crippen LogP contribution is 2.20. The minimum absolute atomic E-state index is 0.000919. The van der Waals surface area contributed by atoms with Crippen LogP contribution in [-0.2, 0) is 10.5 Å². The summed E-state index contributed by atoms with van der Waals surface area (Å²) in [5, 5.41) is 11.8. The first-order chi connectivity index (χ1) is 13.1. The number of thioether (sulfide) groups is 1. The predicted octanol–water partition coefficient (Wildman–Crippen LogP) is 3.18. The van der Waals surface area contributed by atoms with Crippen molar-refractivity contribution in [3.05, 3.63) is 59.7 Å². The average molecular weight is 381 g/mol. The molecule has 27 heavy (non-hydrogen) atoms. The molecule has 0 aliphatic carbocycles. The summed E-state index contributed by atoms with van der Waals surface area (Å²) in [6.07, 6.45) is 0. The standard InChI is InChI=1S/C21H24N4OS/c1-24-10-12-25(13-11-24)20-8-6-19(7-9-20)23-21(26)16-27-15-18-4-2-17(14-22)3-5-18/h2-9H,10-13,15-16H2,1H3,(H,23,26). The molecule has 5 nitrogen and oxygen atoms in total. The number of carbonyl (C=O) groups excluding carboxylic acids is 1. The summed E-state index contributed by atoms with van der Waals surface area (Å²) in [4.78, 5) is 16.8. The first kappa shape index (κ1) is 19.3. The summed E-state index contributed by atoms with van der Waals surface area (Å²) in [7, 11) is 2.15. The van der Waals surface area contributed by atoms with Crippen LogP contribution >= 0.6 is 11.8 Å². The topological polar surface area (TPSA) is 59.4 Å². The molecule has 0 atom stereocenters. The van der Waals surface area contributed by atoms with Crippen molar-refractivity contribution >= 4 is 29.0 Å². The van der Waals surface area contributed by atoms with Crippen LogP contribution in [0.4, 0.5) is 11.4 Å². The summed E-state index contributed by atoms with van der Waals surface area (Å²) >= 11 is 1.57. The van der Waals surface area contributed by atoms with Crippen molar-refractivity contribution in [2.45, 2.75) is 5.75 Å². The summed E-state index contributed by atoms with van der Waals surface area (Å²) < 4.78 is 0. The average Bonchev–Trinajstić information content (AvgIpc) is 2.70. The number of benzene rings is 2. The zero-order valence-corrected chi connectivity index (χ0v) is 16.3. The molecule has 2 aromatic rings. The third-order valence-corrected chi connectivity index (χ3v) is 5.61. The Morgan fingerprint density at radius 2 is 1.74 bits per heavy atom. The monoisotopic (exact) mass is 380 g/mol. The zero-order chi connectivity index (χ0) is 19.1. The number of amides is 1. The number of nitrogens with zero attached hydrogens (tertiary/aromatic N) is 3. The summed E-state index contributed by atoms with van der Waals surface area (Å²) in [5.74, 6) is 1.16. The first-order valence-corrected chi connectivity index (χ1v) is 10.2. The number of carbonyl (C=O) groups is 1. The Kier molecular flexibility index (Phi) is 6.74. The highest BCUT2D eigenvalue weighted by molar-refractivity contribution is 7.99. The minimum atomic E-state index is 0.000919. The van der Waals surface area contributed by atoms with E-state index < -0.39 is 0 Å². The van der Waals surface area contributed by atoms with Crippen molar-refractivity contribution < 1.29 is 4.79 Å². The van der Waals surface area contributed by atoms with Gasteiger partial charge in [0.05, 0.1) is 17.4 Å². The molecule has 0 unspecified atom stereocenters. The molecule has 1 saturated heterocycles. The van der Waals surface area contributed by atoms with Gasteiger partial charge in [-0.05, 0) is 49.0 Å². The maximum atomic E-state index is 12.1. The summed E-state index contributed by atoms with van der Waals surface area (Å²) in [6.45, 7) is 4.23. The molecule has 1 fully saturated rings. The second-order valence-corrected chi connectivity index (χ2v) is 7.67. The van der Waals surface area contributed by atoms with Gasteiger partial charge in [-0.15, -0.1) is 11.8 Å². The molecule has 3 rings (SSSR count). The molecule has 1 amide bonds. The van der Waals surface area contributed by atoms with Gasteiger partial charge in [0.1, 0.15) is 0 Å². The van der Waals surface area contributed by atoms with E-state index in [2.05, 4.69) is 40.4 Å². The minimum Gasteiger partial charge on any atom is -0.369 e. The quantitative estimate of drug-likeness (QED) is 0.834. The van der Waals surface area contributed by atoms with E-state index in [9.17, 15) is 4.79 Å². The van der Waals surface area contributed by atoms with Crippen LogP contribution in [0.25, 0.3) is 0 Å². The van der Waals surface area contributed by atoms with Crippen LogP contribution in [0.3, 0.4) is 0 Å². The fraction of sp³-hybridized carbons (Fsp3) is 0.333. The largest absolute Gasteiger partial charge is 0.369 e. The molecule has 1 aliphatic rings. The SMILES string of the molecule is CN1CCN(c2ccc(NC(=O)CSCc3ccc(C#N)cc3)cc2)CC1. The number of hydrogen-bond acceptors (Lipinski definition) is 5. The Morgan fingerprint density at radius 3 is 2.37 bits per heavy atom. The van der Waals surface area contributed by atoms with Crippen molar-refractivity contribution in [1.29, 1.82) is 5.26 Å². The van der Waals surface area contributed by atoms with Gasteiger partial charge < -0.3 is 15.1 Å². The van der Waals surface area contributed by atoms with Crippen LogP contribution in [0.5, 0.6) is 0 Å². The van der Waals surface area contributed by atoms with Gasteiger partial charge in [0, 0.05) is 43.3 Å². The highest BCUT2D eigenvalue weighted by atomic mass is 32.2. The maximum Gasteiger partial charge on any atom is 0.234 e. The van der Waals surface area contributed by atoms with Gasteiger partial charge in [-0.1, -0.05) is 12.1 Å². The Labute approximate surface area is 165 Å². The summed E-state index contributed by atoms with van der Waals surface area (Å²) in [6, 6.07) is 17.7. The van der Waals surface area contributed by atoms with Gasteiger partial charge in [-0.25, -0.2) is 0 Å². The van der Waals surface area contributed by atoms with Crippen LogP contribution in [-0.4, -0.2) is 49.8 Å². The molecule has 0 radical (unpaired) electrons. The normalized spacial score (nSPS) is 14.6. The predicted molar refractivity (Wildman–Crippen MR) is 112 cm³/mol. The van der Waals surface area contributed by atoms with Gasteiger partial charge in [0.2, 0.25) is 5.91 Å². The molecular formula is C21H24N4OS. The molecular weight excluding hydrogens is 356 g/mol. The first-order valence-electron chi connectivity index (χ1n) is 9.04. The van der Waals surface area contributed by atoms with Gasteiger partial charge in [0.25, 0.3) is 0 Å². The smallest absolute Gasteiger partial charge is 0.234 e. The number of rotatable bonds is 6. The molecule has 140 valence electrons. The van der Waals surface area contributed by atoms with Crippen LogP contribution in [0, 0.1) is 11.3 Å². The fourth-order valence-electron chi connectivity index (χ4n) is 2.95. The van der Waals surface area contributed by atoms with E-state index in [1.165, 1.54) is 5.69 Å². The van der Waals surface area contributed by atoms with E-state index in [0.29, 0.717) is 11.3 Å². The molecule has 0 bridgehead atoms. The van der Waals surface area contributed by atoms with Gasteiger partial charge in [-0.3, -0.25) is 4.79 Å². The van der Waals surface area contributed by atoms with Crippen molar-refractivity contribution in [2.24, 2.45) is 0 Å². The van der Waals surface area contributed by atoms with Crippen LogP contribution < -0.4 is 10.2 Å². The van der Waals surface area contributed by atoms with E-state index in [0.717, 1.165) is 43.2 Å². The van der Waals surface area contributed by atoms with Crippen molar-refractivity contribution in [3.8, 4) is 6.07 Å². The lowest BCUT2D eigenvalue weighted by Gasteiger charge is -2.34. The highest BCUT2D eigenvalue weighted by Gasteiger charge is 2.14. The lowest BCUT2D eigenvalue weighted by Crippen LogP contribution is -2.44. The zero-order valence-electron chi connectivity index (χ0n) is 15.5. The van der Waals surface area contributed by atoms with E-state index in [1.807, 2.05) is 24.3 Å². The number of nitriles is 1. The molecule has 1 heterocycles. The number of anilines is 2. The second kappa shape index (κ2) is 9.45. The van der Waals surface area contributed by atoms with Gasteiger partial charge >= 0.3 is 0 Å². The van der Waals surface area contributed by atoms with Gasteiger partial charge in [0.15, 0.2) is 0 Å². The third-order valence-electron chi connectivity index (χ3n) is 4.60. The van der Waals surface area contributed by atoms with Crippen LogP contribution in [0.2, 0.25) is 0 Å². The molecule has 1 aliphatic heterocycles. The van der Waals surface area contributed by atoms with Crippen LogP contribution in [0.1, 0.15) is 11.1 Å². The van der Waals surface area contributed by atoms with Crippen LogP contribution in [0.15, 0.2) is 48.5 Å². The number of piperazine rings is 1. The molecule has 0 spiro atoms. The lowest BCUT2D eigenvalue weighted by atomic mass is 10.2. The van der Waals surface area contributed by atoms with Crippen molar-refractivity contribution in [3.63, 3.8) is 0 Å². The molecule has 0 aromatic heterocycles. The molecule has 6 heteroatoms. The van der Waals surface area contributed by atoms with E-state index in [1.54, 1.807) is 23.9 Å². The molecule has 1 N–H and O–H groups in total. The fourth-order valence-corrected chi connectivity index (χ4v) is 3.74. The molecule has 2 aromatic carbocycles. The Balaban J connectivity index is 1.43. The third kappa shape index (κ3) is 5.75. The maximum absolute atomic E-state index is 12.1. The lowest BCUT2D eigenvalue weighted by molar-refractivity contribution is -0.113. The second-order valence-electron chi connectivity index (χ2n) is 6.69. The number of nitrogens with one attached hydrogen (secondary N) is 1. The Bertz CT molecular complexity index is 790. The van der Waals surface area contributed by atoms with Crippen molar-refractivity contribution in [2.75, 3.05) is 49.2 Å². The number of hydrogen-bond donors (Lipinski definition) is 1. The Hall–Kier alpha value is -2.49.